The zero-order chi connectivity index (χ0) is 17.1. The first-order valence-corrected chi connectivity index (χ1v) is 9.77. The summed E-state index contributed by atoms with van der Waals surface area (Å²) < 4.78 is 0. The van der Waals surface area contributed by atoms with Gasteiger partial charge < -0.3 is 0 Å². The number of nitrogens with zero attached hydrogens (tertiary/aromatic N) is 1. The van der Waals surface area contributed by atoms with Crippen molar-refractivity contribution < 1.29 is 14.4 Å². The lowest BCUT2D eigenvalue weighted by Crippen LogP contribution is -2.37. The number of Topliss-reactive ketones (excluding diaryl/α,β-unsaturated/α-hetero) is 1. The molecule has 5 heteroatoms. The van der Waals surface area contributed by atoms with Gasteiger partial charge in [0.15, 0.2) is 0 Å². The van der Waals surface area contributed by atoms with Crippen LogP contribution in [0, 0.1) is 17.8 Å². The van der Waals surface area contributed by atoms with Crippen LogP contribution in [0.2, 0.25) is 0 Å². The summed E-state index contributed by atoms with van der Waals surface area (Å²) in [6.07, 6.45) is 4.05. The van der Waals surface area contributed by atoms with E-state index in [1.807, 2.05) is 13.8 Å². The highest BCUT2D eigenvalue weighted by molar-refractivity contribution is 8.01. The van der Waals surface area contributed by atoms with Crippen molar-refractivity contribution in [2.24, 2.45) is 17.8 Å². The fourth-order valence-electron chi connectivity index (χ4n) is 3.64. The summed E-state index contributed by atoms with van der Waals surface area (Å²) in [6, 6.07) is 0. The molecule has 0 aromatic heterocycles. The van der Waals surface area contributed by atoms with Gasteiger partial charge in [-0.15, -0.1) is 11.8 Å². The molecule has 0 aromatic carbocycles. The lowest BCUT2D eigenvalue weighted by Gasteiger charge is -2.30. The van der Waals surface area contributed by atoms with E-state index in [0.29, 0.717) is 29.9 Å². The minimum Gasteiger partial charge on any atom is -0.299 e. The van der Waals surface area contributed by atoms with E-state index in [1.165, 1.54) is 4.90 Å². The van der Waals surface area contributed by atoms with Crippen molar-refractivity contribution in [2.45, 2.75) is 70.3 Å². The van der Waals surface area contributed by atoms with E-state index in [0.717, 1.165) is 25.7 Å². The topological polar surface area (TPSA) is 54.5 Å². The maximum absolute atomic E-state index is 12.4. The van der Waals surface area contributed by atoms with Crippen LogP contribution in [0.4, 0.5) is 0 Å². The van der Waals surface area contributed by atoms with Crippen LogP contribution < -0.4 is 0 Å². The Balaban J connectivity index is 1.85. The maximum atomic E-state index is 12.4. The van der Waals surface area contributed by atoms with E-state index in [4.69, 9.17) is 0 Å². The largest absolute Gasteiger partial charge is 0.299 e. The molecule has 1 heterocycles. The van der Waals surface area contributed by atoms with Crippen LogP contribution >= 0.6 is 11.8 Å². The molecule has 0 spiro atoms. The second-order valence-electron chi connectivity index (χ2n) is 7.49. The van der Waals surface area contributed by atoms with Crippen molar-refractivity contribution in [2.75, 3.05) is 6.54 Å². The Kier molecular flexibility index (Phi) is 6.29. The van der Waals surface area contributed by atoms with Gasteiger partial charge >= 0.3 is 0 Å². The maximum Gasteiger partial charge on any atom is 0.242 e. The van der Waals surface area contributed by atoms with Crippen LogP contribution in [0.3, 0.4) is 0 Å². The Hall–Kier alpha value is -0.840. The van der Waals surface area contributed by atoms with Gasteiger partial charge in [-0.25, -0.2) is 0 Å². The number of amides is 2. The Morgan fingerprint density at radius 1 is 1.13 bits per heavy atom. The zero-order valence-corrected chi connectivity index (χ0v) is 15.5. The van der Waals surface area contributed by atoms with E-state index < -0.39 is 0 Å². The highest BCUT2D eigenvalue weighted by Crippen LogP contribution is 2.34. The number of carbonyl (C=O) groups excluding carboxylic acids is 3. The monoisotopic (exact) mass is 339 g/mol. The molecule has 0 N–H and O–H groups in total. The third-order valence-corrected chi connectivity index (χ3v) is 6.14. The molecule has 0 bridgehead atoms. The van der Waals surface area contributed by atoms with Gasteiger partial charge in [0.05, 0.1) is 5.25 Å². The summed E-state index contributed by atoms with van der Waals surface area (Å²) in [5.41, 5.74) is 0. The van der Waals surface area contributed by atoms with Crippen LogP contribution in [0.5, 0.6) is 0 Å². The molecule has 130 valence electrons. The van der Waals surface area contributed by atoms with Crippen molar-refractivity contribution in [3.05, 3.63) is 0 Å². The third-order valence-electron chi connectivity index (χ3n) is 4.90. The average molecular weight is 340 g/mol. The van der Waals surface area contributed by atoms with E-state index in [9.17, 15) is 14.4 Å². The van der Waals surface area contributed by atoms with Crippen LogP contribution in [-0.2, 0) is 14.4 Å². The number of likely N-dealkylation sites (tertiary alicyclic amines) is 1. The molecule has 2 amide bonds. The minimum atomic E-state index is -0.193. The van der Waals surface area contributed by atoms with Gasteiger partial charge in [0, 0.05) is 24.8 Å². The molecule has 1 unspecified atom stereocenters. The molecule has 23 heavy (non-hydrogen) atoms. The summed E-state index contributed by atoms with van der Waals surface area (Å²) in [5.74, 6) is 0.988. The Morgan fingerprint density at radius 2 is 1.74 bits per heavy atom. The number of hydrogen-bond acceptors (Lipinski definition) is 4. The molecule has 0 aromatic rings. The van der Waals surface area contributed by atoms with Crippen LogP contribution in [0.25, 0.3) is 0 Å². The zero-order valence-electron chi connectivity index (χ0n) is 14.7. The first-order valence-electron chi connectivity index (χ1n) is 8.83. The predicted octanol–water partition coefficient (Wildman–Crippen LogP) is 3.29. The van der Waals surface area contributed by atoms with Crippen molar-refractivity contribution in [3.8, 4) is 0 Å². The van der Waals surface area contributed by atoms with Crippen LogP contribution in [-0.4, -0.2) is 39.5 Å². The highest BCUT2D eigenvalue weighted by Gasteiger charge is 2.40. The minimum absolute atomic E-state index is 0.00548. The molecule has 4 nitrogen and oxygen atoms in total. The second kappa shape index (κ2) is 7.82. The van der Waals surface area contributed by atoms with Gasteiger partial charge in [-0.2, -0.15) is 0 Å². The smallest absolute Gasteiger partial charge is 0.242 e. The van der Waals surface area contributed by atoms with Crippen LogP contribution in [0.15, 0.2) is 0 Å². The van der Waals surface area contributed by atoms with Crippen molar-refractivity contribution >= 4 is 29.4 Å². The molecule has 2 fully saturated rings. The summed E-state index contributed by atoms with van der Waals surface area (Å²) in [6.45, 7) is 8.58. The van der Waals surface area contributed by atoms with Gasteiger partial charge in [-0.1, -0.05) is 27.7 Å². The number of ketones is 1. The predicted molar refractivity (Wildman–Crippen MR) is 93.1 cm³/mol. The van der Waals surface area contributed by atoms with Gasteiger partial charge in [-0.05, 0) is 36.9 Å². The number of hydrogen-bond donors (Lipinski definition) is 0. The highest BCUT2D eigenvalue weighted by atomic mass is 32.2. The van der Waals surface area contributed by atoms with E-state index in [-0.39, 0.29) is 28.9 Å². The number of thioether (sulfide) groups is 1. The summed E-state index contributed by atoms with van der Waals surface area (Å²) in [4.78, 5) is 38.1. The fourth-order valence-corrected chi connectivity index (χ4v) is 4.78. The second-order valence-corrected chi connectivity index (χ2v) is 9.28. The molecule has 1 saturated heterocycles. The van der Waals surface area contributed by atoms with E-state index >= 15 is 0 Å². The third kappa shape index (κ3) is 4.59. The molecule has 0 radical (unpaired) electrons. The normalized spacial score (nSPS) is 29.0. The lowest BCUT2D eigenvalue weighted by molar-refractivity contribution is -0.139. The van der Waals surface area contributed by atoms with E-state index in [2.05, 4.69) is 13.8 Å². The standard InChI is InChI=1S/C18H29NO3S/c1-11(2)17(21)14-7-5-13(6-8-14)10-19-16(20)9-15(18(19)22)23-12(3)4/h11-15H,5-10H2,1-4H3. The molecular weight excluding hydrogens is 310 g/mol. The molecular formula is C18H29NO3S. The Bertz CT molecular complexity index is 467. The molecule has 1 atom stereocenters. The number of rotatable bonds is 6. The first-order chi connectivity index (χ1) is 10.8. The number of imide groups is 1. The summed E-state index contributed by atoms with van der Waals surface area (Å²) >= 11 is 1.59. The molecule has 2 aliphatic rings. The average Bonchev–Trinajstić information content (AvgIpc) is 2.74. The van der Waals surface area contributed by atoms with Crippen molar-refractivity contribution in [3.63, 3.8) is 0 Å². The first kappa shape index (κ1) is 18.5. The van der Waals surface area contributed by atoms with Crippen molar-refractivity contribution in [1.82, 2.24) is 4.90 Å². The molecule has 1 saturated carbocycles. The molecule has 1 aliphatic carbocycles. The summed E-state index contributed by atoms with van der Waals surface area (Å²) in [5, 5.41) is 0.163. The SMILES string of the molecule is CC(C)SC1CC(=O)N(CC2CCC(C(=O)C(C)C)CC2)C1=O. The Morgan fingerprint density at radius 3 is 2.26 bits per heavy atom. The lowest BCUT2D eigenvalue weighted by atomic mass is 9.77. The van der Waals surface area contributed by atoms with Gasteiger partial charge in [-0.3, -0.25) is 19.3 Å². The molecule has 1 aliphatic heterocycles. The van der Waals surface area contributed by atoms with Gasteiger partial charge in [0.25, 0.3) is 0 Å². The van der Waals surface area contributed by atoms with Crippen LogP contribution in [0.1, 0.15) is 59.8 Å². The van der Waals surface area contributed by atoms with Gasteiger partial charge in [0.2, 0.25) is 11.8 Å². The quantitative estimate of drug-likeness (QED) is 0.697. The fraction of sp³-hybridized carbons (Fsp3) is 0.833. The van der Waals surface area contributed by atoms with E-state index in [1.54, 1.807) is 11.8 Å². The Labute approximate surface area is 143 Å². The van der Waals surface area contributed by atoms with Gasteiger partial charge in [0.1, 0.15) is 5.78 Å². The number of carbonyl (C=O) groups is 3. The molecule has 2 rings (SSSR count). The van der Waals surface area contributed by atoms with Crippen molar-refractivity contribution in [1.29, 1.82) is 0 Å². The summed E-state index contributed by atoms with van der Waals surface area (Å²) in [7, 11) is 0.